The largest absolute Gasteiger partial charge is 0.349 e. The highest BCUT2D eigenvalue weighted by molar-refractivity contribution is 6.06. The molecule has 6 heteroatoms. The van der Waals surface area contributed by atoms with Crippen molar-refractivity contribution in [3.8, 4) is 0 Å². The molecule has 3 aromatic rings. The normalized spacial score (nSPS) is 17.4. The molecular formula is C23H19FN2O3. The summed E-state index contributed by atoms with van der Waals surface area (Å²) in [7, 11) is 0. The average molecular weight is 390 g/mol. The van der Waals surface area contributed by atoms with Crippen molar-refractivity contribution in [3.05, 3.63) is 96.3 Å². The van der Waals surface area contributed by atoms with Gasteiger partial charge in [0.25, 0.3) is 11.8 Å². The molecule has 0 radical (unpaired) electrons. The lowest BCUT2D eigenvalue weighted by Crippen LogP contribution is -2.36. The van der Waals surface area contributed by atoms with E-state index in [4.69, 9.17) is 4.74 Å². The van der Waals surface area contributed by atoms with Crippen LogP contribution in [-0.4, -0.2) is 24.0 Å². The van der Waals surface area contributed by atoms with E-state index >= 15 is 0 Å². The molecular weight excluding hydrogens is 371 g/mol. The summed E-state index contributed by atoms with van der Waals surface area (Å²) in [6, 6.07) is 24.3. The van der Waals surface area contributed by atoms with E-state index in [1.807, 2.05) is 60.7 Å². The maximum absolute atomic E-state index is 13.1. The molecule has 0 bridgehead atoms. The van der Waals surface area contributed by atoms with Crippen molar-refractivity contribution >= 4 is 23.2 Å². The molecule has 0 saturated carbocycles. The van der Waals surface area contributed by atoms with Crippen molar-refractivity contribution in [1.29, 1.82) is 0 Å². The Morgan fingerprint density at radius 2 is 1.48 bits per heavy atom. The minimum absolute atomic E-state index is 0.278. The highest BCUT2D eigenvalue weighted by Crippen LogP contribution is 2.29. The standard InChI is InChI=1S/C23H19FN2O3/c24-17-11-13-18(14-12-17)25-22(27)20-21(29-20)23(28)26(19-9-5-2-6-10-19)15-16-7-3-1-4-8-16/h1-14,20-21H,15H2,(H,25,27)/t20-,21-/m0/s1. The summed E-state index contributed by atoms with van der Waals surface area (Å²) in [4.78, 5) is 27.1. The number of hydrogen-bond donors (Lipinski definition) is 1. The van der Waals surface area contributed by atoms with E-state index in [1.54, 1.807) is 4.90 Å². The second-order valence-electron chi connectivity index (χ2n) is 6.72. The van der Waals surface area contributed by atoms with Crippen LogP contribution in [0, 0.1) is 5.82 Å². The number of epoxide rings is 1. The van der Waals surface area contributed by atoms with Gasteiger partial charge in [0.1, 0.15) is 5.82 Å². The van der Waals surface area contributed by atoms with Crippen LogP contribution in [0.25, 0.3) is 0 Å². The van der Waals surface area contributed by atoms with Gasteiger partial charge in [0, 0.05) is 11.4 Å². The molecule has 3 aromatic carbocycles. The quantitative estimate of drug-likeness (QED) is 0.652. The summed E-state index contributed by atoms with van der Waals surface area (Å²) < 4.78 is 18.4. The maximum atomic E-state index is 13.1. The number of nitrogens with zero attached hydrogens (tertiary/aromatic N) is 1. The van der Waals surface area contributed by atoms with Crippen LogP contribution in [0.2, 0.25) is 0 Å². The zero-order valence-corrected chi connectivity index (χ0v) is 15.5. The fourth-order valence-electron chi connectivity index (χ4n) is 3.07. The third-order valence-electron chi connectivity index (χ3n) is 4.62. The fourth-order valence-corrected chi connectivity index (χ4v) is 3.07. The molecule has 1 heterocycles. The van der Waals surface area contributed by atoms with E-state index in [0.717, 1.165) is 11.3 Å². The van der Waals surface area contributed by atoms with Gasteiger partial charge in [0.15, 0.2) is 12.2 Å². The van der Waals surface area contributed by atoms with E-state index in [9.17, 15) is 14.0 Å². The lowest BCUT2D eigenvalue weighted by Gasteiger charge is -2.22. The Balaban J connectivity index is 1.47. The third-order valence-corrected chi connectivity index (χ3v) is 4.62. The lowest BCUT2D eigenvalue weighted by molar-refractivity contribution is -0.120. The van der Waals surface area contributed by atoms with Gasteiger partial charge in [0.2, 0.25) is 0 Å². The molecule has 2 atom stereocenters. The molecule has 0 aliphatic carbocycles. The van der Waals surface area contributed by atoms with Crippen LogP contribution in [-0.2, 0) is 20.9 Å². The molecule has 0 unspecified atom stereocenters. The number of nitrogens with one attached hydrogen (secondary N) is 1. The smallest absolute Gasteiger partial charge is 0.259 e. The first-order valence-corrected chi connectivity index (χ1v) is 9.24. The summed E-state index contributed by atoms with van der Waals surface area (Å²) in [5, 5.41) is 2.64. The van der Waals surface area contributed by atoms with E-state index in [0.29, 0.717) is 12.2 Å². The van der Waals surface area contributed by atoms with Gasteiger partial charge in [-0.25, -0.2) is 4.39 Å². The molecule has 4 rings (SSSR count). The van der Waals surface area contributed by atoms with Crippen molar-refractivity contribution in [3.63, 3.8) is 0 Å². The van der Waals surface area contributed by atoms with Crippen LogP contribution < -0.4 is 10.2 Å². The van der Waals surface area contributed by atoms with Gasteiger partial charge < -0.3 is 15.0 Å². The summed E-state index contributed by atoms with van der Waals surface area (Å²) in [5.41, 5.74) is 2.15. The average Bonchev–Trinajstić information content (AvgIpc) is 3.56. The first-order valence-electron chi connectivity index (χ1n) is 9.24. The third kappa shape index (κ3) is 4.50. The van der Waals surface area contributed by atoms with Crippen molar-refractivity contribution in [1.82, 2.24) is 0 Å². The zero-order valence-electron chi connectivity index (χ0n) is 15.5. The number of carbonyl (C=O) groups is 2. The molecule has 1 aliphatic heterocycles. The Morgan fingerprint density at radius 3 is 2.14 bits per heavy atom. The molecule has 2 amide bonds. The highest BCUT2D eigenvalue weighted by atomic mass is 19.1. The Labute approximate surface area is 167 Å². The van der Waals surface area contributed by atoms with Gasteiger partial charge in [-0.3, -0.25) is 9.59 Å². The van der Waals surface area contributed by atoms with E-state index in [-0.39, 0.29) is 5.91 Å². The molecule has 1 aliphatic rings. The SMILES string of the molecule is O=C(Nc1ccc(F)cc1)[C@H]1O[C@@H]1C(=O)N(Cc1ccccc1)c1ccccc1. The molecule has 29 heavy (non-hydrogen) atoms. The Morgan fingerprint density at radius 1 is 0.862 bits per heavy atom. The van der Waals surface area contributed by atoms with E-state index < -0.39 is 23.9 Å². The summed E-state index contributed by atoms with van der Waals surface area (Å²) in [6.07, 6.45) is -1.71. The number of carbonyl (C=O) groups excluding carboxylic acids is 2. The van der Waals surface area contributed by atoms with Crippen molar-refractivity contribution < 1.29 is 18.7 Å². The fraction of sp³-hybridized carbons (Fsp3) is 0.130. The topological polar surface area (TPSA) is 61.9 Å². The summed E-state index contributed by atoms with van der Waals surface area (Å²) in [6.45, 7) is 0.371. The van der Waals surface area contributed by atoms with Crippen LogP contribution in [0.4, 0.5) is 15.8 Å². The minimum Gasteiger partial charge on any atom is -0.349 e. The monoisotopic (exact) mass is 390 g/mol. The first-order chi connectivity index (χ1) is 14.1. The maximum Gasteiger partial charge on any atom is 0.259 e. The van der Waals surface area contributed by atoms with Crippen molar-refractivity contribution in [2.45, 2.75) is 18.8 Å². The first kappa shape index (κ1) is 18.8. The highest BCUT2D eigenvalue weighted by Gasteiger charge is 2.52. The van der Waals surface area contributed by atoms with Crippen LogP contribution in [0.15, 0.2) is 84.9 Å². The number of rotatable bonds is 6. The number of benzene rings is 3. The predicted octanol–water partition coefficient (Wildman–Crippen LogP) is 3.77. The Kier molecular flexibility index (Phi) is 5.35. The molecule has 0 aromatic heterocycles. The second-order valence-corrected chi connectivity index (χ2v) is 6.72. The van der Waals surface area contributed by atoms with Crippen LogP contribution >= 0.6 is 0 Å². The zero-order chi connectivity index (χ0) is 20.2. The number of amides is 2. The Bertz CT molecular complexity index is 994. The number of hydrogen-bond acceptors (Lipinski definition) is 3. The van der Waals surface area contributed by atoms with Gasteiger partial charge in [-0.2, -0.15) is 0 Å². The molecule has 1 N–H and O–H groups in total. The molecule has 146 valence electrons. The molecule has 1 saturated heterocycles. The summed E-state index contributed by atoms with van der Waals surface area (Å²) >= 11 is 0. The van der Waals surface area contributed by atoms with Gasteiger partial charge in [0.05, 0.1) is 6.54 Å². The van der Waals surface area contributed by atoms with Crippen LogP contribution in [0.3, 0.4) is 0 Å². The number of anilines is 2. The van der Waals surface area contributed by atoms with Gasteiger partial charge in [-0.15, -0.1) is 0 Å². The van der Waals surface area contributed by atoms with Gasteiger partial charge >= 0.3 is 0 Å². The van der Waals surface area contributed by atoms with Crippen molar-refractivity contribution in [2.75, 3.05) is 10.2 Å². The van der Waals surface area contributed by atoms with Crippen LogP contribution in [0.1, 0.15) is 5.56 Å². The van der Waals surface area contributed by atoms with Crippen molar-refractivity contribution in [2.24, 2.45) is 0 Å². The number of para-hydroxylation sites is 1. The van der Waals surface area contributed by atoms with E-state index in [1.165, 1.54) is 24.3 Å². The second kappa shape index (κ2) is 8.24. The number of ether oxygens (including phenoxy) is 1. The number of halogens is 1. The van der Waals surface area contributed by atoms with E-state index in [2.05, 4.69) is 5.32 Å². The minimum atomic E-state index is -0.866. The molecule has 5 nitrogen and oxygen atoms in total. The Hall–Kier alpha value is -3.51. The summed E-state index contributed by atoms with van der Waals surface area (Å²) in [5.74, 6) is -1.10. The van der Waals surface area contributed by atoms with Gasteiger partial charge in [-0.05, 0) is 42.0 Å². The molecule has 1 fully saturated rings. The predicted molar refractivity (Wildman–Crippen MR) is 108 cm³/mol. The lowest BCUT2D eigenvalue weighted by atomic mass is 10.1. The van der Waals surface area contributed by atoms with Gasteiger partial charge in [-0.1, -0.05) is 48.5 Å². The van der Waals surface area contributed by atoms with Crippen LogP contribution in [0.5, 0.6) is 0 Å². The molecule has 0 spiro atoms.